The van der Waals surface area contributed by atoms with E-state index < -0.39 is 5.67 Å². The summed E-state index contributed by atoms with van der Waals surface area (Å²) < 4.78 is 13.7. The zero-order valence-electron chi connectivity index (χ0n) is 6.52. The molecule has 2 rings (SSSR count). The van der Waals surface area contributed by atoms with E-state index in [4.69, 9.17) is 5.11 Å². The van der Waals surface area contributed by atoms with Crippen LogP contribution in [0.25, 0.3) is 0 Å². The van der Waals surface area contributed by atoms with E-state index >= 15 is 0 Å². The van der Waals surface area contributed by atoms with E-state index in [-0.39, 0.29) is 12.5 Å². The molecule has 11 heavy (non-hydrogen) atoms. The lowest BCUT2D eigenvalue weighted by molar-refractivity contribution is 0.0412. The molecule has 1 saturated heterocycles. The molecule has 3 heteroatoms. The lowest BCUT2D eigenvalue weighted by Crippen LogP contribution is -2.37. The SMILES string of the molecule is OCC1(F)CNCC1C1CC1. The van der Waals surface area contributed by atoms with Crippen LogP contribution in [0.4, 0.5) is 4.39 Å². The number of alkyl halides is 1. The van der Waals surface area contributed by atoms with Gasteiger partial charge in [-0.1, -0.05) is 0 Å². The van der Waals surface area contributed by atoms with E-state index in [0.29, 0.717) is 12.5 Å². The molecule has 2 atom stereocenters. The molecule has 1 saturated carbocycles. The van der Waals surface area contributed by atoms with Crippen molar-refractivity contribution in [2.24, 2.45) is 11.8 Å². The average molecular weight is 159 g/mol. The number of hydrogen-bond donors (Lipinski definition) is 2. The molecule has 2 N–H and O–H groups in total. The summed E-state index contributed by atoms with van der Waals surface area (Å²) in [6.07, 6.45) is 2.30. The van der Waals surface area contributed by atoms with Crippen LogP contribution in [0.1, 0.15) is 12.8 Å². The second-order valence-corrected chi connectivity index (χ2v) is 3.77. The van der Waals surface area contributed by atoms with Gasteiger partial charge in [-0.15, -0.1) is 0 Å². The van der Waals surface area contributed by atoms with E-state index in [9.17, 15) is 4.39 Å². The Morgan fingerprint density at radius 3 is 2.82 bits per heavy atom. The molecule has 2 aliphatic rings. The molecule has 2 nitrogen and oxygen atoms in total. The summed E-state index contributed by atoms with van der Waals surface area (Å²) in [6, 6.07) is 0. The second kappa shape index (κ2) is 2.42. The number of rotatable bonds is 2. The van der Waals surface area contributed by atoms with Crippen molar-refractivity contribution < 1.29 is 9.50 Å². The lowest BCUT2D eigenvalue weighted by atomic mass is 9.89. The first-order chi connectivity index (χ1) is 5.26. The van der Waals surface area contributed by atoms with Gasteiger partial charge in [0.05, 0.1) is 6.61 Å². The third-order valence-corrected chi connectivity index (χ3v) is 2.90. The van der Waals surface area contributed by atoms with Crippen LogP contribution in [-0.4, -0.2) is 30.5 Å². The fraction of sp³-hybridized carbons (Fsp3) is 1.00. The van der Waals surface area contributed by atoms with E-state index in [2.05, 4.69) is 5.32 Å². The summed E-state index contributed by atoms with van der Waals surface area (Å²) in [7, 11) is 0. The van der Waals surface area contributed by atoms with Crippen LogP contribution in [0, 0.1) is 11.8 Å². The van der Waals surface area contributed by atoms with Crippen LogP contribution in [-0.2, 0) is 0 Å². The van der Waals surface area contributed by atoms with Crippen molar-refractivity contribution in [2.45, 2.75) is 18.5 Å². The Morgan fingerprint density at radius 1 is 1.55 bits per heavy atom. The molecule has 2 fully saturated rings. The summed E-state index contributed by atoms with van der Waals surface area (Å²) in [5.74, 6) is 0.620. The minimum absolute atomic E-state index is 0.0764. The fourth-order valence-electron chi connectivity index (χ4n) is 2.01. The lowest BCUT2D eigenvalue weighted by Gasteiger charge is -2.23. The van der Waals surface area contributed by atoms with Gasteiger partial charge >= 0.3 is 0 Å². The highest BCUT2D eigenvalue weighted by Gasteiger charge is 2.49. The molecule has 64 valence electrons. The standard InChI is InChI=1S/C8H14FNO/c9-8(5-11)4-10-3-7(8)6-1-2-6/h6-7,10-11H,1-5H2. The van der Waals surface area contributed by atoms with Crippen molar-refractivity contribution in [2.75, 3.05) is 19.7 Å². The third kappa shape index (κ3) is 1.16. The zero-order valence-corrected chi connectivity index (χ0v) is 6.52. The maximum absolute atomic E-state index is 13.7. The smallest absolute Gasteiger partial charge is 0.150 e. The summed E-state index contributed by atoms with van der Waals surface area (Å²) >= 11 is 0. The first kappa shape index (κ1) is 7.50. The molecule has 2 unspecified atom stereocenters. The van der Waals surface area contributed by atoms with Gasteiger partial charge in [0.2, 0.25) is 0 Å². The molecule has 0 bridgehead atoms. The van der Waals surface area contributed by atoms with Crippen molar-refractivity contribution >= 4 is 0 Å². The number of nitrogens with one attached hydrogen (secondary N) is 1. The van der Waals surface area contributed by atoms with Gasteiger partial charge in [0, 0.05) is 19.0 Å². The molecule has 0 radical (unpaired) electrons. The first-order valence-corrected chi connectivity index (χ1v) is 4.27. The molecule has 0 spiro atoms. The van der Waals surface area contributed by atoms with Gasteiger partial charge < -0.3 is 10.4 Å². The van der Waals surface area contributed by atoms with E-state index in [1.807, 2.05) is 0 Å². The minimum atomic E-state index is -1.32. The van der Waals surface area contributed by atoms with Crippen LogP contribution < -0.4 is 5.32 Å². The summed E-state index contributed by atoms with van der Waals surface area (Å²) in [5.41, 5.74) is -1.32. The monoisotopic (exact) mass is 159 g/mol. The van der Waals surface area contributed by atoms with Crippen molar-refractivity contribution in [1.82, 2.24) is 5.32 Å². The van der Waals surface area contributed by atoms with E-state index in [1.165, 1.54) is 0 Å². The molecule has 0 aromatic carbocycles. The van der Waals surface area contributed by atoms with E-state index in [1.54, 1.807) is 0 Å². The molecule has 1 aliphatic heterocycles. The molecule has 0 aromatic rings. The highest BCUT2D eigenvalue weighted by Crippen LogP contribution is 2.44. The fourth-order valence-corrected chi connectivity index (χ4v) is 2.01. The zero-order chi connectivity index (χ0) is 7.90. The van der Waals surface area contributed by atoms with Crippen molar-refractivity contribution in [3.05, 3.63) is 0 Å². The Hall–Kier alpha value is -0.150. The molecule has 0 amide bonds. The molecule has 1 heterocycles. The Bertz CT molecular complexity index is 160. The predicted molar refractivity (Wildman–Crippen MR) is 40.0 cm³/mol. The third-order valence-electron chi connectivity index (χ3n) is 2.90. The summed E-state index contributed by atoms with van der Waals surface area (Å²) in [4.78, 5) is 0. The highest BCUT2D eigenvalue weighted by atomic mass is 19.1. The molecule has 0 aromatic heterocycles. The van der Waals surface area contributed by atoms with Crippen molar-refractivity contribution in [3.63, 3.8) is 0 Å². The van der Waals surface area contributed by atoms with Crippen LogP contribution in [0.15, 0.2) is 0 Å². The quantitative estimate of drug-likeness (QED) is 0.608. The van der Waals surface area contributed by atoms with E-state index in [0.717, 1.165) is 19.4 Å². The Morgan fingerprint density at radius 2 is 2.27 bits per heavy atom. The highest BCUT2D eigenvalue weighted by molar-refractivity contribution is 5.02. The summed E-state index contributed by atoms with van der Waals surface area (Å²) in [5, 5.41) is 11.9. The van der Waals surface area contributed by atoms with Gasteiger partial charge in [0.25, 0.3) is 0 Å². The van der Waals surface area contributed by atoms with Gasteiger partial charge in [-0.3, -0.25) is 0 Å². The Labute approximate surface area is 65.8 Å². The largest absolute Gasteiger partial charge is 0.393 e. The maximum atomic E-state index is 13.7. The van der Waals surface area contributed by atoms with Crippen molar-refractivity contribution in [3.8, 4) is 0 Å². The average Bonchev–Trinajstić information content (AvgIpc) is 2.77. The van der Waals surface area contributed by atoms with Crippen LogP contribution in [0.2, 0.25) is 0 Å². The van der Waals surface area contributed by atoms with Gasteiger partial charge in [-0.25, -0.2) is 4.39 Å². The minimum Gasteiger partial charge on any atom is -0.393 e. The van der Waals surface area contributed by atoms with Crippen molar-refractivity contribution in [1.29, 1.82) is 0 Å². The number of aliphatic hydroxyl groups is 1. The van der Waals surface area contributed by atoms with Gasteiger partial charge in [0.1, 0.15) is 0 Å². The number of halogens is 1. The summed E-state index contributed by atoms with van der Waals surface area (Å²) in [6.45, 7) is 0.771. The molecule has 1 aliphatic carbocycles. The van der Waals surface area contributed by atoms with Gasteiger partial charge in [-0.05, 0) is 18.8 Å². The normalized spacial score (nSPS) is 44.7. The first-order valence-electron chi connectivity index (χ1n) is 4.27. The van der Waals surface area contributed by atoms with Crippen LogP contribution in [0.5, 0.6) is 0 Å². The topological polar surface area (TPSA) is 32.3 Å². The predicted octanol–water partition coefficient (Wildman–Crippen LogP) is 0.316. The molecular formula is C8H14FNO. The maximum Gasteiger partial charge on any atom is 0.150 e. The second-order valence-electron chi connectivity index (χ2n) is 3.77. The molecular weight excluding hydrogens is 145 g/mol. The van der Waals surface area contributed by atoms with Gasteiger partial charge in [-0.2, -0.15) is 0 Å². The Kier molecular flexibility index (Phi) is 1.65. The Balaban J connectivity index is 2.05. The van der Waals surface area contributed by atoms with Crippen LogP contribution in [0.3, 0.4) is 0 Å². The van der Waals surface area contributed by atoms with Crippen LogP contribution >= 0.6 is 0 Å². The number of aliphatic hydroxyl groups excluding tert-OH is 1. The van der Waals surface area contributed by atoms with Gasteiger partial charge in [0.15, 0.2) is 5.67 Å². The number of hydrogen-bond acceptors (Lipinski definition) is 2.